The third-order valence-electron chi connectivity index (χ3n) is 3.77. The summed E-state index contributed by atoms with van der Waals surface area (Å²) in [5.41, 5.74) is 0.270. The molecule has 1 unspecified atom stereocenters. The molecule has 26 heavy (non-hydrogen) atoms. The quantitative estimate of drug-likeness (QED) is 0.683. The van der Waals surface area contributed by atoms with Gasteiger partial charge < -0.3 is 20.1 Å². The molecule has 0 saturated carbocycles. The van der Waals surface area contributed by atoms with Crippen molar-refractivity contribution >= 4 is 11.9 Å². The van der Waals surface area contributed by atoms with Gasteiger partial charge >= 0.3 is 5.97 Å². The van der Waals surface area contributed by atoms with E-state index in [4.69, 9.17) is 4.74 Å². The fourth-order valence-corrected chi connectivity index (χ4v) is 2.37. The average Bonchev–Trinajstić information content (AvgIpc) is 2.59. The molecule has 1 aromatic heterocycles. The number of hydrogen-bond acceptors (Lipinski definition) is 5. The van der Waals surface area contributed by atoms with E-state index >= 15 is 0 Å². The second-order valence-corrected chi connectivity index (χ2v) is 6.14. The average molecular weight is 359 g/mol. The van der Waals surface area contributed by atoms with Crippen LogP contribution in [0.2, 0.25) is 0 Å². The van der Waals surface area contributed by atoms with E-state index in [0.717, 1.165) is 11.6 Å². The molecule has 1 heterocycles. The molecular formula is C18H21N3O5. The Morgan fingerprint density at radius 2 is 1.92 bits per heavy atom. The minimum atomic E-state index is -1.14. The van der Waals surface area contributed by atoms with E-state index in [2.05, 4.69) is 15.3 Å². The zero-order chi connectivity index (χ0) is 19.3. The summed E-state index contributed by atoms with van der Waals surface area (Å²) >= 11 is 0. The van der Waals surface area contributed by atoms with Crippen LogP contribution in [0.15, 0.2) is 35.1 Å². The molecule has 138 valence electrons. The maximum Gasteiger partial charge on any atom is 0.326 e. The monoisotopic (exact) mass is 359 g/mol. The van der Waals surface area contributed by atoms with Crippen LogP contribution in [0.25, 0.3) is 0 Å². The number of rotatable bonds is 7. The van der Waals surface area contributed by atoms with Crippen molar-refractivity contribution in [1.29, 1.82) is 0 Å². The van der Waals surface area contributed by atoms with Gasteiger partial charge in [0.15, 0.2) is 0 Å². The molecule has 0 radical (unpaired) electrons. The van der Waals surface area contributed by atoms with Gasteiger partial charge in [0.05, 0.1) is 7.11 Å². The first-order valence-electron chi connectivity index (χ1n) is 8.07. The molecule has 1 atom stereocenters. The van der Waals surface area contributed by atoms with Gasteiger partial charge in [-0.15, -0.1) is 0 Å². The Morgan fingerprint density at radius 1 is 1.27 bits per heavy atom. The van der Waals surface area contributed by atoms with Gasteiger partial charge in [0.2, 0.25) is 0 Å². The number of carbonyl (C=O) groups excluding carboxylic acids is 1. The van der Waals surface area contributed by atoms with Crippen molar-refractivity contribution in [2.24, 2.45) is 5.92 Å². The topological polar surface area (TPSA) is 121 Å². The van der Waals surface area contributed by atoms with E-state index < -0.39 is 23.5 Å². The standard InChI is InChI=1S/C18H21N3O5/c1-10(2)16(18(24)25)21-17(23)13-9-15(22)20-14(19-13)8-11-4-6-12(26-3)7-5-11/h4-7,9-10,16H,8H2,1-3H3,(H,21,23)(H,24,25)(H,19,20,22). The number of methoxy groups -OCH3 is 1. The van der Waals surface area contributed by atoms with Crippen LogP contribution in [-0.4, -0.2) is 40.1 Å². The maximum atomic E-state index is 12.3. The van der Waals surface area contributed by atoms with Gasteiger partial charge in [0.1, 0.15) is 23.3 Å². The SMILES string of the molecule is COc1ccc(Cc2nc(C(=O)NC(C(=O)O)C(C)C)cc(=O)[nH]2)cc1. The number of nitrogens with one attached hydrogen (secondary N) is 2. The first-order chi connectivity index (χ1) is 12.3. The van der Waals surface area contributed by atoms with Gasteiger partial charge in [-0.3, -0.25) is 9.59 Å². The highest BCUT2D eigenvalue weighted by Crippen LogP contribution is 2.13. The number of H-pyrrole nitrogens is 1. The first kappa shape index (κ1) is 19.2. The van der Waals surface area contributed by atoms with E-state index in [1.165, 1.54) is 0 Å². The summed E-state index contributed by atoms with van der Waals surface area (Å²) in [6.45, 7) is 3.36. The fourth-order valence-electron chi connectivity index (χ4n) is 2.37. The van der Waals surface area contributed by atoms with Crippen molar-refractivity contribution in [1.82, 2.24) is 15.3 Å². The van der Waals surface area contributed by atoms with Gasteiger partial charge in [-0.1, -0.05) is 26.0 Å². The van der Waals surface area contributed by atoms with Gasteiger partial charge in [0.25, 0.3) is 11.5 Å². The van der Waals surface area contributed by atoms with E-state index in [0.29, 0.717) is 18.0 Å². The second-order valence-electron chi connectivity index (χ2n) is 6.14. The molecule has 2 aromatic rings. The third kappa shape index (κ3) is 4.92. The minimum Gasteiger partial charge on any atom is -0.497 e. The number of carbonyl (C=O) groups is 2. The van der Waals surface area contributed by atoms with Gasteiger partial charge in [-0.25, -0.2) is 9.78 Å². The number of carboxylic acids is 1. The predicted molar refractivity (Wildman–Crippen MR) is 94.4 cm³/mol. The third-order valence-corrected chi connectivity index (χ3v) is 3.77. The van der Waals surface area contributed by atoms with Crippen molar-refractivity contribution in [3.63, 3.8) is 0 Å². The fraction of sp³-hybridized carbons (Fsp3) is 0.333. The van der Waals surface area contributed by atoms with Crippen LogP contribution in [-0.2, 0) is 11.2 Å². The summed E-state index contributed by atoms with van der Waals surface area (Å²) in [5.74, 6) is -1.14. The second kappa shape index (κ2) is 8.28. The molecular weight excluding hydrogens is 338 g/mol. The number of amides is 1. The zero-order valence-electron chi connectivity index (χ0n) is 14.8. The lowest BCUT2D eigenvalue weighted by atomic mass is 10.0. The normalized spacial score (nSPS) is 11.8. The van der Waals surface area contributed by atoms with Crippen molar-refractivity contribution in [2.75, 3.05) is 7.11 Å². The molecule has 1 aromatic carbocycles. The van der Waals surface area contributed by atoms with Crippen molar-refractivity contribution in [2.45, 2.75) is 26.3 Å². The number of aliphatic carboxylic acids is 1. The van der Waals surface area contributed by atoms with E-state index in [-0.39, 0.29) is 11.6 Å². The van der Waals surface area contributed by atoms with E-state index in [1.54, 1.807) is 33.1 Å². The Balaban J connectivity index is 2.21. The molecule has 0 aliphatic rings. The van der Waals surface area contributed by atoms with Crippen LogP contribution in [0.4, 0.5) is 0 Å². The number of nitrogens with zero attached hydrogens (tertiary/aromatic N) is 1. The lowest BCUT2D eigenvalue weighted by molar-refractivity contribution is -0.140. The van der Waals surface area contributed by atoms with Crippen LogP contribution in [0.5, 0.6) is 5.75 Å². The molecule has 8 heteroatoms. The smallest absolute Gasteiger partial charge is 0.326 e. The summed E-state index contributed by atoms with van der Waals surface area (Å²) in [4.78, 5) is 42.1. The minimum absolute atomic E-state index is 0.121. The lowest BCUT2D eigenvalue weighted by Gasteiger charge is -2.17. The van der Waals surface area contributed by atoms with E-state index in [9.17, 15) is 19.5 Å². The van der Waals surface area contributed by atoms with Gasteiger partial charge in [-0.05, 0) is 23.6 Å². The highest BCUT2D eigenvalue weighted by molar-refractivity contribution is 5.94. The lowest BCUT2D eigenvalue weighted by Crippen LogP contribution is -2.44. The van der Waals surface area contributed by atoms with Crippen molar-refractivity contribution < 1.29 is 19.4 Å². The highest BCUT2D eigenvalue weighted by Gasteiger charge is 2.24. The Morgan fingerprint density at radius 3 is 2.46 bits per heavy atom. The van der Waals surface area contributed by atoms with Crippen molar-refractivity contribution in [3.8, 4) is 5.75 Å². The predicted octanol–water partition coefficient (Wildman–Crippen LogP) is 1.21. The molecule has 2 rings (SSSR count). The number of aromatic amines is 1. The molecule has 0 bridgehead atoms. The van der Waals surface area contributed by atoms with E-state index in [1.807, 2.05) is 12.1 Å². The first-order valence-corrected chi connectivity index (χ1v) is 8.07. The maximum absolute atomic E-state index is 12.3. The van der Waals surface area contributed by atoms with Crippen LogP contribution in [0.3, 0.4) is 0 Å². The highest BCUT2D eigenvalue weighted by atomic mass is 16.5. The Bertz CT molecular complexity index is 843. The number of ether oxygens (including phenoxy) is 1. The van der Waals surface area contributed by atoms with Gasteiger partial charge in [0, 0.05) is 12.5 Å². The Kier molecular flexibility index (Phi) is 6.11. The number of benzene rings is 1. The molecule has 8 nitrogen and oxygen atoms in total. The molecule has 0 spiro atoms. The van der Waals surface area contributed by atoms with Crippen LogP contribution >= 0.6 is 0 Å². The van der Waals surface area contributed by atoms with Crippen LogP contribution < -0.4 is 15.6 Å². The molecule has 0 aliphatic heterocycles. The summed E-state index contributed by atoms with van der Waals surface area (Å²) in [5, 5.41) is 11.6. The zero-order valence-corrected chi connectivity index (χ0v) is 14.8. The van der Waals surface area contributed by atoms with Crippen molar-refractivity contribution in [3.05, 3.63) is 57.8 Å². The molecule has 1 amide bonds. The summed E-state index contributed by atoms with van der Waals surface area (Å²) < 4.78 is 5.09. The number of aromatic nitrogens is 2. The molecule has 0 fully saturated rings. The molecule has 0 aliphatic carbocycles. The molecule has 3 N–H and O–H groups in total. The summed E-state index contributed by atoms with van der Waals surface area (Å²) in [6.07, 6.45) is 0.312. The van der Waals surface area contributed by atoms with Gasteiger partial charge in [-0.2, -0.15) is 0 Å². The largest absolute Gasteiger partial charge is 0.497 e. The molecule has 0 saturated heterocycles. The van der Waals surface area contributed by atoms with Crippen LogP contribution in [0, 0.1) is 5.92 Å². The summed E-state index contributed by atoms with van der Waals surface area (Å²) in [7, 11) is 1.57. The summed E-state index contributed by atoms with van der Waals surface area (Å²) in [6, 6.07) is 7.20. The Hall–Kier alpha value is -3.16. The Labute approximate surface area is 150 Å². The van der Waals surface area contributed by atoms with Crippen LogP contribution in [0.1, 0.15) is 35.7 Å². The number of carboxylic acid groups (broad SMARTS) is 1. The number of hydrogen-bond donors (Lipinski definition) is 3.